The van der Waals surface area contributed by atoms with Crippen molar-refractivity contribution in [2.45, 2.75) is 12.1 Å². The highest BCUT2D eigenvalue weighted by molar-refractivity contribution is 5.81. The molecule has 0 saturated carbocycles. The summed E-state index contributed by atoms with van der Waals surface area (Å²) in [7, 11) is 1.50. The predicted octanol–water partition coefficient (Wildman–Crippen LogP) is 0.289. The van der Waals surface area contributed by atoms with Crippen LogP contribution in [-0.4, -0.2) is 63.4 Å². The number of hydrogen-bond acceptors (Lipinski definition) is 5. The monoisotopic (exact) mass is 325 g/mol. The highest BCUT2D eigenvalue weighted by Gasteiger charge is 2.24. The summed E-state index contributed by atoms with van der Waals surface area (Å²) in [5.74, 6) is -0.534. The smallest absolute Gasteiger partial charge is 0.239 e. The molecule has 1 aliphatic rings. The van der Waals surface area contributed by atoms with Gasteiger partial charge in [0, 0.05) is 26.7 Å². The maximum absolute atomic E-state index is 13.2. The van der Waals surface area contributed by atoms with Crippen molar-refractivity contribution in [2.75, 3.05) is 46.6 Å². The maximum Gasteiger partial charge on any atom is 0.239 e. The molecule has 3 N–H and O–H groups in total. The van der Waals surface area contributed by atoms with Crippen LogP contribution in [-0.2, 0) is 14.3 Å². The Balaban J connectivity index is 2.04. The molecule has 0 radical (unpaired) electrons. The second-order valence-electron chi connectivity index (χ2n) is 5.52. The minimum atomic E-state index is -0.696. The summed E-state index contributed by atoms with van der Waals surface area (Å²) in [5.41, 5.74) is 6.68. The lowest BCUT2D eigenvalue weighted by Gasteiger charge is -2.35. The van der Waals surface area contributed by atoms with E-state index in [-0.39, 0.29) is 24.4 Å². The molecule has 1 aliphatic heterocycles. The van der Waals surface area contributed by atoms with E-state index in [0.717, 1.165) is 18.7 Å². The van der Waals surface area contributed by atoms with Gasteiger partial charge in [0.15, 0.2) is 0 Å². The Morgan fingerprint density at radius 2 is 2.04 bits per heavy atom. The zero-order chi connectivity index (χ0) is 16.7. The molecule has 128 valence electrons. The molecule has 1 fully saturated rings. The van der Waals surface area contributed by atoms with Crippen LogP contribution >= 0.6 is 0 Å². The van der Waals surface area contributed by atoms with Gasteiger partial charge in [-0.05, 0) is 17.7 Å². The van der Waals surface area contributed by atoms with Crippen LogP contribution in [0.5, 0.6) is 0 Å². The SMILES string of the molecule is COCC(N)C(=O)NCC(c1ccc(F)cc1)N1CCOCC1. The molecular formula is C16H24FN3O3. The molecule has 6 nitrogen and oxygen atoms in total. The fraction of sp³-hybridized carbons (Fsp3) is 0.562. The first-order chi connectivity index (χ1) is 11.1. The number of benzene rings is 1. The third-order valence-corrected chi connectivity index (χ3v) is 3.89. The maximum atomic E-state index is 13.2. The Bertz CT molecular complexity index is 492. The second-order valence-corrected chi connectivity index (χ2v) is 5.52. The first kappa shape index (κ1) is 17.8. The van der Waals surface area contributed by atoms with E-state index in [1.165, 1.54) is 19.2 Å². The highest BCUT2D eigenvalue weighted by Crippen LogP contribution is 2.21. The summed E-state index contributed by atoms with van der Waals surface area (Å²) < 4.78 is 23.4. The number of carbonyl (C=O) groups excluding carboxylic acids is 1. The number of hydrogen-bond donors (Lipinski definition) is 2. The standard InChI is InChI=1S/C16H24FN3O3/c1-22-11-14(18)16(21)19-10-15(20-6-8-23-9-7-20)12-2-4-13(17)5-3-12/h2-5,14-15H,6-11,18H2,1H3,(H,19,21). The number of halogens is 1. The van der Waals surface area contributed by atoms with Crippen molar-refractivity contribution in [3.05, 3.63) is 35.6 Å². The predicted molar refractivity (Wildman–Crippen MR) is 84.4 cm³/mol. The van der Waals surface area contributed by atoms with Gasteiger partial charge >= 0.3 is 0 Å². The van der Waals surface area contributed by atoms with Crippen LogP contribution in [0.2, 0.25) is 0 Å². The van der Waals surface area contributed by atoms with Gasteiger partial charge in [-0.2, -0.15) is 0 Å². The molecular weight excluding hydrogens is 301 g/mol. The van der Waals surface area contributed by atoms with Gasteiger partial charge < -0.3 is 20.5 Å². The average Bonchev–Trinajstić information content (AvgIpc) is 2.57. The molecule has 0 bridgehead atoms. The minimum absolute atomic E-state index is 0.0433. The summed E-state index contributed by atoms with van der Waals surface area (Å²) in [6, 6.07) is 5.62. The fourth-order valence-corrected chi connectivity index (χ4v) is 2.62. The van der Waals surface area contributed by atoms with Gasteiger partial charge in [-0.3, -0.25) is 9.69 Å². The molecule has 0 aromatic heterocycles. The second kappa shape index (κ2) is 8.93. The number of rotatable bonds is 7. The Labute approximate surface area is 135 Å². The van der Waals surface area contributed by atoms with Crippen molar-refractivity contribution in [1.82, 2.24) is 10.2 Å². The number of ether oxygens (including phenoxy) is 2. The molecule has 1 saturated heterocycles. The number of carbonyl (C=O) groups is 1. The van der Waals surface area contributed by atoms with E-state index in [2.05, 4.69) is 10.2 Å². The Hall–Kier alpha value is -1.54. The number of nitrogens with one attached hydrogen (secondary N) is 1. The summed E-state index contributed by atoms with van der Waals surface area (Å²) in [6.07, 6.45) is 0. The Kier molecular flexibility index (Phi) is 6.91. The van der Waals surface area contributed by atoms with Crippen molar-refractivity contribution in [3.63, 3.8) is 0 Å². The first-order valence-corrected chi connectivity index (χ1v) is 7.71. The molecule has 0 spiro atoms. The quantitative estimate of drug-likeness (QED) is 0.753. The van der Waals surface area contributed by atoms with Gasteiger partial charge in [0.25, 0.3) is 0 Å². The van der Waals surface area contributed by atoms with E-state index in [1.54, 1.807) is 12.1 Å². The molecule has 7 heteroatoms. The molecule has 23 heavy (non-hydrogen) atoms. The highest BCUT2D eigenvalue weighted by atomic mass is 19.1. The van der Waals surface area contributed by atoms with Crippen LogP contribution < -0.4 is 11.1 Å². The normalized spacial score (nSPS) is 18.4. The van der Waals surface area contributed by atoms with Gasteiger partial charge in [0.2, 0.25) is 5.91 Å². The fourth-order valence-electron chi connectivity index (χ4n) is 2.62. The lowest BCUT2D eigenvalue weighted by molar-refractivity contribution is -0.123. The van der Waals surface area contributed by atoms with Crippen LogP contribution in [0.3, 0.4) is 0 Å². The van der Waals surface area contributed by atoms with Gasteiger partial charge in [-0.25, -0.2) is 4.39 Å². The number of amides is 1. The molecule has 2 unspecified atom stereocenters. The zero-order valence-corrected chi connectivity index (χ0v) is 13.3. The largest absolute Gasteiger partial charge is 0.383 e. The topological polar surface area (TPSA) is 76.8 Å². The van der Waals surface area contributed by atoms with Crippen molar-refractivity contribution in [1.29, 1.82) is 0 Å². The molecule has 2 atom stereocenters. The lowest BCUT2D eigenvalue weighted by Crippen LogP contribution is -2.48. The first-order valence-electron chi connectivity index (χ1n) is 7.71. The van der Waals surface area contributed by atoms with Crippen molar-refractivity contribution in [2.24, 2.45) is 5.73 Å². The van der Waals surface area contributed by atoms with Crippen molar-refractivity contribution >= 4 is 5.91 Å². The van der Waals surface area contributed by atoms with E-state index in [1.807, 2.05) is 0 Å². The van der Waals surface area contributed by atoms with Gasteiger partial charge in [-0.15, -0.1) is 0 Å². The summed E-state index contributed by atoms with van der Waals surface area (Å²) in [4.78, 5) is 14.2. The Morgan fingerprint density at radius 1 is 1.39 bits per heavy atom. The third-order valence-electron chi connectivity index (χ3n) is 3.89. The van der Waals surface area contributed by atoms with Crippen molar-refractivity contribution < 1.29 is 18.7 Å². The van der Waals surface area contributed by atoms with Crippen LogP contribution in [0.15, 0.2) is 24.3 Å². The van der Waals surface area contributed by atoms with Gasteiger partial charge in [0.1, 0.15) is 11.9 Å². The van der Waals surface area contributed by atoms with Crippen LogP contribution in [0.25, 0.3) is 0 Å². The van der Waals surface area contributed by atoms with E-state index < -0.39 is 6.04 Å². The Morgan fingerprint density at radius 3 is 2.65 bits per heavy atom. The summed E-state index contributed by atoms with van der Waals surface area (Å²) in [6.45, 7) is 3.40. The van der Waals surface area contributed by atoms with Crippen LogP contribution in [0, 0.1) is 5.82 Å². The van der Waals surface area contributed by atoms with Crippen LogP contribution in [0.1, 0.15) is 11.6 Å². The van der Waals surface area contributed by atoms with E-state index in [0.29, 0.717) is 19.8 Å². The molecule has 1 heterocycles. The number of nitrogens with zero attached hydrogens (tertiary/aromatic N) is 1. The number of nitrogens with two attached hydrogens (primary N) is 1. The lowest BCUT2D eigenvalue weighted by atomic mass is 10.0. The molecule has 1 aromatic rings. The van der Waals surface area contributed by atoms with E-state index in [4.69, 9.17) is 15.2 Å². The summed E-state index contributed by atoms with van der Waals surface area (Å²) >= 11 is 0. The third kappa shape index (κ3) is 5.24. The minimum Gasteiger partial charge on any atom is -0.383 e. The molecule has 1 aromatic carbocycles. The van der Waals surface area contributed by atoms with Gasteiger partial charge in [0.05, 0.1) is 25.9 Å². The van der Waals surface area contributed by atoms with Crippen LogP contribution in [0.4, 0.5) is 4.39 Å². The zero-order valence-electron chi connectivity index (χ0n) is 13.3. The number of methoxy groups -OCH3 is 1. The molecule has 2 rings (SSSR count). The van der Waals surface area contributed by atoms with Crippen molar-refractivity contribution in [3.8, 4) is 0 Å². The van der Waals surface area contributed by atoms with Gasteiger partial charge in [-0.1, -0.05) is 12.1 Å². The van der Waals surface area contributed by atoms with E-state index in [9.17, 15) is 9.18 Å². The molecule has 0 aliphatic carbocycles. The molecule has 1 amide bonds. The summed E-state index contributed by atoms with van der Waals surface area (Å²) in [5, 5.41) is 2.86. The average molecular weight is 325 g/mol. The number of morpholine rings is 1. The van der Waals surface area contributed by atoms with E-state index >= 15 is 0 Å².